The molecule has 4 nitrogen and oxygen atoms in total. The summed E-state index contributed by atoms with van der Waals surface area (Å²) >= 11 is 3.42. The molecule has 0 saturated heterocycles. The fourth-order valence-corrected chi connectivity index (χ4v) is 3.32. The second kappa shape index (κ2) is 8.99. The highest BCUT2D eigenvalue weighted by molar-refractivity contribution is 9.10. The Labute approximate surface area is 162 Å². The monoisotopic (exact) mass is 414 g/mol. The molecule has 1 fully saturated rings. The van der Waals surface area contributed by atoms with Crippen LogP contribution in [0.3, 0.4) is 0 Å². The number of carbonyl (C=O) groups is 1. The SMILES string of the molecule is CC/C(=N/NC(=O)c1ccc(OC2CCCC2)cc1)c1ccc(Br)cc1. The summed E-state index contributed by atoms with van der Waals surface area (Å²) in [6, 6.07) is 15.2. The lowest BCUT2D eigenvalue weighted by molar-refractivity contribution is 0.0954. The van der Waals surface area contributed by atoms with Gasteiger partial charge in [-0.15, -0.1) is 0 Å². The Hall–Kier alpha value is -2.14. The van der Waals surface area contributed by atoms with E-state index in [-0.39, 0.29) is 5.91 Å². The van der Waals surface area contributed by atoms with Crippen LogP contribution >= 0.6 is 15.9 Å². The minimum absolute atomic E-state index is 0.222. The van der Waals surface area contributed by atoms with Crippen LogP contribution in [-0.4, -0.2) is 17.7 Å². The van der Waals surface area contributed by atoms with Crippen LogP contribution in [-0.2, 0) is 0 Å². The summed E-state index contributed by atoms with van der Waals surface area (Å²) in [5.41, 5.74) is 5.06. The van der Waals surface area contributed by atoms with E-state index in [1.807, 2.05) is 43.3 Å². The van der Waals surface area contributed by atoms with E-state index in [0.29, 0.717) is 11.7 Å². The molecule has 0 aromatic heterocycles. The number of nitrogens with one attached hydrogen (secondary N) is 1. The molecule has 0 spiro atoms. The summed E-state index contributed by atoms with van der Waals surface area (Å²) in [5, 5.41) is 4.29. The van der Waals surface area contributed by atoms with Gasteiger partial charge in [0.05, 0.1) is 11.8 Å². The molecule has 5 heteroatoms. The lowest BCUT2D eigenvalue weighted by Gasteiger charge is -2.13. The summed E-state index contributed by atoms with van der Waals surface area (Å²) in [6.45, 7) is 2.02. The second-order valence-corrected chi connectivity index (χ2v) is 7.32. The number of rotatable bonds is 6. The summed E-state index contributed by atoms with van der Waals surface area (Å²) in [4.78, 5) is 12.3. The van der Waals surface area contributed by atoms with E-state index < -0.39 is 0 Å². The fourth-order valence-electron chi connectivity index (χ4n) is 3.06. The van der Waals surface area contributed by atoms with Gasteiger partial charge in [0.2, 0.25) is 0 Å². The van der Waals surface area contributed by atoms with Gasteiger partial charge in [-0.05, 0) is 74.1 Å². The molecule has 0 heterocycles. The number of halogens is 1. The van der Waals surface area contributed by atoms with Crippen LogP contribution in [0.25, 0.3) is 0 Å². The third-order valence-corrected chi connectivity index (χ3v) is 5.05. The van der Waals surface area contributed by atoms with Gasteiger partial charge in [-0.25, -0.2) is 5.43 Å². The van der Waals surface area contributed by atoms with Gasteiger partial charge in [0.1, 0.15) is 5.75 Å². The van der Waals surface area contributed by atoms with Gasteiger partial charge in [0.15, 0.2) is 0 Å². The number of carbonyl (C=O) groups excluding carboxylic acids is 1. The summed E-state index contributed by atoms with van der Waals surface area (Å²) < 4.78 is 6.94. The van der Waals surface area contributed by atoms with Crippen LogP contribution < -0.4 is 10.2 Å². The lowest BCUT2D eigenvalue weighted by atomic mass is 10.1. The highest BCUT2D eigenvalue weighted by Gasteiger charge is 2.16. The Morgan fingerprint density at radius 2 is 1.69 bits per heavy atom. The van der Waals surface area contributed by atoms with Crippen LogP contribution in [0.4, 0.5) is 0 Å². The molecule has 1 N–H and O–H groups in total. The van der Waals surface area contributed by atoms with E-state index >= 15 is 0 Å². The molecule has 0 unspecified atom stereocenters. The zero-order valence-corrected chi connectivity index (χ0v) is 16.5. The van der Waals surface area contributed by atoms with Crippen molar-refractivity contribution in [2.75, 3.05) is 0 Å². The standard InChI is InChI=1S/C21H23BrN2O2/c1-2-20(15-7-11-17(22)12-8-15)23-24-21(25)16-9-13-19(14-10-16)26-18-5-3-4-6-18/h7-14,18H,2-6H2,1H3,(H,24,25)/b23-20-. The predicted octanol–water partition coefficient (Wildman–Crippen LogP) is 5.31. The lowest BCUT2D eigenvalue weighted by Crippen LogP contribution is -2.20. The molecule has 1 saturated carbocycles. The van der Waals surface area contributed by atoms with Gasteiger partial charge < -0.3 is 4.74 Å². The molecule has 0 atom stereocenters. The first-order valence-electron chi connectivity index (χ1n) is 9.05. The maximum atomic E-state index is 12.3. The van der Waals surface area contributed by atoms with Gasteiger partial charge in [-0.2, -0.15) is 5.10 Å². The number of amides is 1. The van der Waals surface area contributed by atoms with Crippen molar-refractivity contribution in [2.45, 2.75) is 45.1 Å². The van der Waals surface area contributed by atoms with Gasteiger partial charge >= 0.3 is 0 Å². The number of hydrogen-bond acceptors (Lipinski definition) is 3. The van der Waals surface area contributed by atoms with Crippen molar-refractivity contribution in [3.8, 4) is 5.75 Å². The van der Waals surface area contributed by atoms with Gasteiger partial charge in [-0.3, -0.25) is 4.79 Å². The molecular formula is C21H23BrN2O2. The van der Waals surface area contributed by atoms with E-state index in [9.17, 15) is 4.79 Å². The average molecular weight is 415 g/mol. The normalized spacial score (nSPS) is 15.1. The Morgan fingerprint density at radius 3 is 2.31 bits per heavy atom. The Balaban J connectivity index is 1.62. The number of ether oxygens (including phenoxy) is 1. The maximum absolute atomic E-state index is 12.3. The van der Waals surface area contributed by atoms with Crippen molar-refractivity contribution in [3.05, 3.63) is 64.1 Å². The van der Waals surface area contributed by atoms with Crippen LogP contribution in [0.1, 0.15) is 54.9 Å². The van der Waals surface area contributed by atoms with E-state index in [0.717, 1.165) is 40.8 Å². The molecule has 2 aromatic carbocycles. The molecule has 2 aromatic rings. The Morgan fingerprint density at radius 1 is 1.08 bits per heavy atom. The van der Waals surface area contributed by atoms with Gasteiger partial charge in [-0.1, -0.05) is 35.0 Å². The van der Waals surface area contributed by atoms with Crippen LogP contribution in [0.5, 0.6) is 5.75 Å². The molecule has 0 radical (unpaired) electrons. The third-order valence-electron chi connectivity index (χ3n) is 4.53. The smallest absolute Gasteiger partial charge is 0.271 e. The second-order valence-electron chi connectivity index (χ2n) is 6.41. The maximum Gasteiger partial charge on any atom is 0.271 e. The third kappa shape index (κ3) is 4.94. The van der Waals surface area contributed by atoms with Crippen LogP contribution in [0, 0.1) is 0 Å². The molecular weight excluding hydrogens is 392 g/mol. The molecule has 1 aliphatic rings. The summed E-state index contributed by atoms with van der Waals surface area (Å²) in [6.07, 6.45) is 5.76. The molecule has 1 aliphatic carbocycles. The number of hydrazone groups is 1. The fraction of sp³-hybridized carbons (Fsp3) is 0.333. The Bertz CT molecular complexity index is 764. The molecule has 136 valence electrons. The van der Waals surface area contributed by atoms with Crippen molar-refractivity contribution in [2.24, 2.45) is 5.10 Å². The average Bonchev–Trinajstić information content (AvgIpc) is 3.17. The highest BCUT2D eigenvalue weighted by Crippen LogP contribution is 2.24. The van der Waals surface area contributed by atoms with Crippen molar-refractivity contribution >= 4 is 27.5 Å². The van der Waals surface area contributed by atoms with Crippen molar-refractivity contribution in [1.82, 2.24) is 5.43 Å². The zero-order chi connectivity index (χ0) is 18.4. The number of benzene rings is 2. The van der Waals surface area contributed by atoms with E-state index in [1.165, 1.54) is 12.8 Å². The summed E-state index contributed by atoms with van der Waals surface area (Å²) in [5.74, 6) is 0.599. The van der Waals surface area contributed by atoms with Gasteiger partial charge in [0, 0.05) is 10.0 Å². The molecule has 1 amide bonds. The minimum Gasteiger partial charge on any atom is -0.490 e. The van der Waals surface area contributed by atoms with Crippen molar-refractivity contribution in [1.29, 1.82) is 0 Å². The number of hydrogen-bond donors (Lipinski definition) is 1. The number of nitrogens with zero attached hydrogens (tertiary/aromatic N) is 1. The highest BCUT2D eigenvalue weighted by atomic mass is 79.9. The molecule has 0 aliphatic heterocycles. The van der Waals surface area contributed by atoms with E-state index in [4.69, 9.17) is 4.74 Å². The Kier molecular flexibility index (Phi) is 6.45. The van der Waals surface area contributed by atoms with Crippen LogP contribution in [0.2, 0.25) is 0 Å². The predicted molar refractivity (Wildman–Crippen MR) is 108 cm³/mol. The molecule has 0 bridgehead atoms. The summed E-state index contributed by atoms with van der Waals surface area (Å²) in [7, 11) is 0. The van der Waals surface area contributed by atoms with Crippen molar-refractivity contribution < 1.29 is 9.53 Å². The van der Waals surface area contributed by atoms with Gasteiger partial charge in [0.25, 0.3) is 5.91 Å². The molecule has 3 rings (SSSR count). The largest absolute Gasteiger partial charge is 0.490 e. The minimum atomic E-state index is -0.222. The molecule has 26 heavy (non-hydrogen) atoms. The van der Waals surface area contributed by atoms with E-state index in [1.54, 1.807) is 12.1 Å². The van der Waals surface area contributed by atoms with Crippen molar-refractivity contribution in [3.63, 3.8) is 0 Å². The zero-order valence-electron chi connectivity index (χ0n) is 14.9. The first-order valence-corrected chi connectivity index (χ1v) is 9.84. The van der Waals surface area contributed by atoms with Crippen LogP contribution in [0.15, 0.2) is 58.1 Å². The quantitative estimate of drug-likeness (QED) is 0.513. The van der Waals surface area contributed by atoms with E-state index in [2.05, 4.69) is 26.5 Å². The topological polar surface area (TPSA) is 50.7 Å². The first-order chi connectivity index (χ1) is 12.7. The first kappa shape index (κ1) is 18.6.